The van der Waals surface area contributed by atoms with Crippen LogP contribution in [0.15, 0.2) is 0 Å². The van der Waals surface area contributed by atoms with Gasteiger partial charge in [0.2, 0.25) is 0 Å². The summed E-state index contributed by atoms with van der Waals surface area (Å²) in [6.45, 7) is 15.6. The molecule has 2 fully saturated rings. The van der Waals surface area contributed by atoms with Gasteiger partial charge < -0.3 is 5.32 Å². The number of hydrogen-bond donors (Lipinski definition) is 1. The molecule has 1 saturated heterocycles. The van der Waals surface area contributed by atoms with Crippen molar-refractivity contribution >= 4 is 0 Å². The lowest BCUT2D eigenvalue weighted by Gasteiger charge is -2.47. The zero-order valence-corrected chi connectivity index (χ0v) is 13.0. The Morgan fingerprint density at radius 2 is 1.89 bits per heavy atom. The third kappa shape index (κ3) is 3.71. The van der Waals surface area contributed by atoms with Gasteiger partial charge in [-0.1, -0.05) is 34.6 Å². The van der Waals surface area contributed by atoms with Gasteiger partial charge in [0.15, 0.2) is 0 Å². The minimum atomic E-state index is 0.387. The van der Waals surface area contributed by atoms with Crippen molar-refractivity contribution in [1.82, 2.24) is 10.2 Å². The standard InChI is InChI=1S/C16H32N2/c1-12(2)8-9-18-11-14(13-6-7-13)17-10-15(18)16(3,4)5/h12-15,17H,6-11H2,1-5H3. The highest BCUT2D eigenvalue weighted by Gasteiger charge is 2.40. The molecule has 0 aromatic carbocycles. The molecule has 1 heterocycles. The lowest BCUT2D eigenvalue weighted by atomic mass is 9.83. The molecule has 106 valence electrons. The fourth-order valence-electron chi connectivity index (χ4n) is 3.18. The highest BCUT2D eigenvalue weighted by atomic mass is 15.2. The summed E-state index contributed by atoms with van der Waals surface area (Å²) in [5.74, 6) is 1.80. The Kier molecular flexibility index (Phi) is 4.38. The van der Waals surface area contributed by atoms with E-state index in [1.807, 2.05) is 0 Å². The number of piperazine rings is 1. The van der Waals surface area contributed by atoms with Crippen molar-refractivity contribution in [2.45, 2.75) is 66.0 Å². The van der Waals surface area contributed by atoms with Gasteiger partial charge in [0.05, 0.1) is 0 Å². The van der Waals surface area contributed by atoms with E-state index in [9.17, 15) is 0 Å². The zero-order chi connectivity index (χ0) is 13.3. The van der Waals surface area contributed by atoms with Crippen LogP contribution in [0.2, 0.25) is 0 Å². The van der Waals surface area contributed by atoms with E-state index in [2.05, 4.69) is 44.8 Å². The molecule has 18 heavy (non-hydrogen) atoms. The molecule has 0 aromatic rings. The molecule has 1 saturated carbocycles. The molecule has 0 aromatic heterocycles. The van der Waals surface area contributed by atoms with E-state index < -0.39 is 0 Å². The minimum Gasteiger partial charge on any atom is -0.311 e. The molecule has 0 amide bonds. The van der Waals surface area contributed by atoms with Gasteiger partial charge in [0.1, 0.15) is 0 Å². The van der Waals surface area contributed by atoms with E-state index in [0.29, 0.717) is 11.5 Å². The summed E-state index contributed by atoms with van der Waals surface area (Å²) in [4.78, 5) is 2.78. The summed E-state index contributed by atoms with van der Waals surface area (Å²) in [6.07, 6.45) is 4.25. The van der Waals surface area contributed by atoms with Gasteiger partial charge in [-0.2, -0.15) is 0 Å². The summed E-state index contributed by atoms with van der Waals surface area (Å²) < 4.78 is 0. The van der Waals surface area contributed by atoms with E-state index in [-0.39, 0.29) is 0 Å². The first-order valence-corrected chi connectivity index (χ1v) is 7.85. The first-order valence-electron chi connectivity index (χ1n) is 7.85. The highest BCUT2D eigenvalue weighted by Crippen LogP contribution is 2.36. The Morgan fingerprint density at radius 3 is 2.39 bits per heavy atom. The second kappa shape index (κ2) is 5.50. The summed E-state index contributed by atoms with van der Waals surface area (Å²) >= 11 is 0. The molecule has 2 nitrogen and oxygen atoms in total. The average Bonchev–Trinajstić information content (AvgIpc) is 3.08. The van der Waals surface area contributed by atoms with Gasteiger partial charge in [0.25, 0.3) is 0 Å². The fourth-order valence-corrected chi connectivity index (χ4v) is 3.18. The third-order valence-electron chi connectivity index (χ3n) is 4.63. The first kappa shape index (κ1) is 14.3. The van der Waals surface area contributed by atoms with Crippen molar-refractivity contribution in [3.05, 3.63) is 0 Å². The predicted molar refractivity (Wildman–Crippen MR) is 78.8 cm³/mol. The molecule has 1 N–H and O–H groups in total. The van der Waals surface area contributed by atoms with Crippen LogP contribution in [0.4, 0.5) is 0 Å². The Balaban J connectivity index is 1.95. The predicted octanol–water partition coefficient (Wildman–Crippen LogP) is 3.13. The normalized spacial score (nSPS) is 31.0. The van der Waals surface area contributed by atoms with Crippen molar-refractivity contribution < 1.29 is 0 Å². The van der Waals surface area contributed by atoms with E-state index in [4.69, 9.17) is 0 Å². The summed E-state index contributed by atoms with van der Waals surface area (Å²) in [5.41, 5.74) is 0.387. The van der Waals surface area contributed by atoms with Gasteiger partial charge in [-0.15, -0.1) is 0 Å². The van der Waals surface area contributed by atoms with Gasteiger partial charge in [-0.05, 0) is 43.1 Å². The molecule has 0 spiro atoms. The summed E-state index contributed by atoms with van der Waals surface area (Å²) in [7, 11) is 0. The fraction of sp³-hybridized carbons (Fsp3) is 1.00. The maximum Gasteiger partial charge on any atom is 0.0269 e. The van der Waals surface area contributed by atoms with Crippen LogP contribution in [0.5, 0.6) is 0 Å². The van der Waals surface area contributed by atoms with E-state index in [1.54, 1.807) is 0 Å². The lowest BCUT2D eigenvalue weighted by Crippen LogP contribution is -2.61. The minimum absolute atomic E-state index is 0.387. The Hall–Kier alpha value is -0.0800. The van der Waals surface area contributed by atoms with Crippen molar-refractivity contribution in [2.24, 2.45) is 17.3 Å². The van der Waals surface area contributed by atoms with Crippen LogP contribution >= 0.6 is 0 Å². The molecule has 2 aliphatic rings. The average molecular weight is 252 g/mol. The van der Waals surface area contributed by atoms with Crippen molar-refractivity contribution in [1.29, 1.82) is 0 Å². The van der Waals surface area contributed by atoms with Crippen LogP contribution in [-0.2, 0) is 0 Å². The van der Waals surface area contributed by atoms with Crippen LogP contribution in [0, 0.1) is 17.3 Å². The number of hydrogen-bond acceptors (Lipinski definition) is 2. The number of nitrogens with one attached hydrogen (secondary N) is 1. The maximum absolute atomic E-state index is 3.81. The molecule has 0 radical (unpaired) electrons. The molecule has 0 bridgehead atoms. The molecular weight excluding hydrogens is 220 g/mol. The van der Waals surface area contributed by atoms with Crippen molar-refractivity contribution in [3.8, 4) is 0 Å². The Bertz CT molecular complexity index is 263. The summed E-state index contributed by atoms with van der Waals surface area (Å²) in [5, 5.41) is 3.81. The topological polar surface area (TPSA) is 15.3 Å². The molecule has 1 aliphatic carbocycles. The molecule has 2 atom stereocenters. The first-order chi connectivity index (χ1) is 8.38. The van der Waals surface area contributed by atoms with Gasteiger partial charge in [-0.3, -0.25) is 4.90 Å². The zero-order valence-electron chi connectivity index (χ0n) is 13.0. The molecular formula is C16H32N2. The monoisotopic (exact) mass is 252 g/mol. The van der Waals surface area contributed by atoms with Gasteiger partial charge in [0, 0.05) is 25.2 Å². The lowest BCUT2D eigenvalue weighted by molar-refractivity contribution is 0.0478. The molecule has 2 heteroatoms. The van der Waals surface area contributed by atoms with Crippen LogP contribution < -0.4 is 5.32 Å². The van der Waals surface area contributed by atoms with E-state index in [1.165, 1.54) is 38.9 Å². The third-order valence-corrected chi connectivity index (χ3v) is 4.63. The van der Waals surface area contributed by atoms with Crippen LogP contribution in [0.1, 0.15) is 53.9 Å². The van der Waals surface area contributed by atoms with Crippen LogP contribution in [0.25, 0.3) is 0 Å². The second-order valence-corrected chi connectivity index (χ2v) is 7.91. The van der Waals surface area contributed by atoms with Crippen LogP contribution in [0.3, 0.4) is 0 Å². The molecule has 1 aliphatic heterocycles. The van der Waals surface area contributed by atoms with Gasteiger partial charge in [-0.25, -0.2) is 0 Å². The van der Waals surface area contributed by atoms with Gasteiger partial charge >= 0.3 is 0 Å². The Morgan fingerprint density at radius 1 is 1.22 bits per heavy atom. The smallest absolute Gasteiger partial charge is 0.0269 e. The maximum atomic E-state index is 3.81. The van der Waals surface area contributed by atoms with Crippen LogP contribution in [-0.4, -0.2) is 36.6 Å². The van der Waals surface area contributed by atoms with E-state index in [0.717, 1.165) is 17.9 Å². The second-order valence-electron chi connectivity index (χ2n) is 7.91. The van der Waals surface area contributed by atoms with E-state index >= 15 is 0 Å². The highest BCUT2D eigenvalue weighted by molar-refractivity contribution is 4.97. The van der Waals surface area contributed by atoms with Crippen molar-refractivity contribution in [3.63, 3.8) is 0 Å². The molecule has 2 unspecified atom stereocenters. The summed E-state index contributed by atoms with van der Waals surface area (Å²) in [6, 6.07) is 1.47. The SMILES string of the molecule is CC(C)CCN1CC(C2CC2)NCC1C(C)(C)C. The number of rotatable bonds is 4. The van der Waals surface area contributed by atoms with Crippen molar-refractivity contribution in [2.75, 3.05) is 19.6 Å². The largest absolute Gasteiger partial charge is 0.311 e. The Labute approximate surface area is 114 Å². The number of nitrogens with zero attached hydrogens (tertiary/aromatic N) is 1. The molecule has 2 rings (SSSR count). The quantitative estimate of drug-likeness (QED) is 0.827.